The third-order valence-electron chi connectivity index (χ3n) is 4.03. The Bertz CT molecular complexity index is 1070. The summed E-state index contributed by atoms with van der Waals surface area (Å²) in [6.45, 7) is 1.43. The van der Waals surface area contributed by atoms with Crippen LogP contribution < -0.4 is 5.32 Å². The number of hydrogen-bond acceptors (Lipinski definition) is 5. The summed E-state index contributed by atoms with van der Waals surface area (Å²) < 4.78 is 5.18. The number of amides is 1. The summed E-state index contributed by atoms with van der Waals surface area (Å²) in [6, 6.07) is 18.6. The molecule has 3 aromatic rings. The highest BCUT2D eigenvalue weighted by Gasteiger charge is 2.22. The minimum atomic E-state index is -1.09. The monoisotopic (exact) mass is 360 g/mol. The van der Waals surface area contributed by atoms with E-state index in [9.17, 15) is 14.7 Å². The van der Waals surface area contributed by atoms with Gasteiger partial charge in [0.1, 0.15) is 11.3 Å². The van der Waals surface area contributed by atoms with Crippen LogP contribution in [-0.2, 0) is 9.53 Å². The largest absolute Gasteiger partial charge is 0.506 e. The van der Waals surface area contributed by atoms with E-state index in [0.717, 1.165) is 5.39 Å². The van der Waals surface area contributed by atoms with Gasteiger partial charge in [-0.2, -0.15) is 5.26 Å². The fourth-order valence-electron chi connectivity index (χ4n) is 2.61. The molecule has 134 valence electrons. The lowest BCUT2D eigenvalue weighted by Crippen LogP contribution is -2.30. The number of carbonyl (C=O) groups is 2. The van der Waals surface area contributed by atoms with Crippen molar-refractivity contribution in [3.05, 3.63) is 71.8 Å². The third kappa shape index (κ3) is 3.88. The van der Waals surface area contributed by atoms with E-state index >= 15 is 0 Å². The number of aromatic hydroxyl groups is 1. The van der Waals surface area contributed by atoms with E-state index in [4.69, 9.17) is 10.00 Å². The van der Waals surface area contributed by atoms with Crippen molar-refractivity contribution in [1.29, 1.82) is 5.26 Å². The first-order chi connectivity index (χ1) is 13.0. The highest BCUT2D eigenvalue weighted by atomic mass is 16.5. The van der Waals surface area contributed by atoms with Crippen molar-refractivity contribution in [2.45, 2.75) is 13.0 Å². The van der Waals surface area contributed by atoms with Crippen LogP contribution in [0.5, 0.6) is 5.75 Å². The van der Waals surface area contributed by atoms with Gasteiger partial charge < -0.3 is 15.2 Å². The zero-order valence-corrected chi connectivity index (χ0v) is 14.5. The van der Waals surface area contributed by atoms with Crippen LogP contribution in [-0.4, -0.2) is 23.1 Å². The number of phenolic OH excluding ortho intramolecular Hbond substituents is 1. The molecule has 6 heteroatoms. The molecule has 2 N–H and O–H groups in total. The lowest BCUT2D eigenvalue weighted by Gasteiger charge is -2.14. The van der Waals surface area contributed by atoms with Gasteiger partial charge in [-0.1, -0.05) is 36.4 Å². The van der Waals surface area contributed by atoms with Gasteiger partial charge in [0.2, 0.25) is 0 Å². The minimum absolute atomic E-state index is 0.0140. The number of carbonyl (C=O) groups excluding carboxylic acids is 2. The number of hydrogen-bond donors (Lipinski definition) is 2. The van der Waals surface area contributed by atoms with Crippen LogP contribution in [0.3, 0.4) is 0 Å². The number of esters is 1. The van der Waals surface area contributed by atoms with Crippen LogP contribution in [0.2, 0.25) is 0 Å². The Kier molecular flexibility index (Phi) is 5.04. The lowest BCUT2D eigenvalue weighted by molar-refractivity contribution is -0.123. The molecule has 0 bridgehead atoms. The summed E-state index contributed by atoms with van der Waals surface area (Å²) >= 11 is 0. The molecule has 6 nitrogen and oxygen atoms in total. The van der Waals surface area contributed by atoms with Gasteiger partial charge in [0.05, 0.1) is 11.6 Å². The predicted molar refractivity (Wildman–Crippen MR) is 100 cm³/mol. The van der Waals surface area contributed by atoms with E-state index in [1.807, 2.05) is 18.2 Å². The van der Waals surface area contributed by atoms with Crippen LogP contribution in [0.15, 0.2) is 60.7 Å². The average molecular weight is 360 g/mol. The van der Waals surface area contributed by atoms with Gasteiger partial charge in [0, 0.05) is 11.1 Å². The zero-order chi connectivity index (χ0) is 19.4. The van der Waals surface area contributed by atoms with E-state index in [1.54, 1.807) is 36.4 Å². The molecule has 1 atom stereocenters. The number of fused-ring (bicyclic) bond motifs is 1. The second-order valence-electron chi connectivity index (χ2n) is 5.91. The summed E-state index contributed by atoms with van der Waals surface area (Å²) in [5, 5.41) is 23.1. The number of nitrogens with one attached hydrogen (secondary N) is 1. The third-order valence-corrected chi connectivity index (χ3v) is 4.03. The molecule has 0 saturated heterocycles. The van der Waals surface area contributed by atoms with Crippen molar-refractivity contribution in [1.82, 2.24) is 0 Å². The summed E-state index contributed by atoms with van der Waals surface area (Å²) in [4.78, 5) is 24.6. The Morgan fingerprint density at radius 1 is 1.11 bits per heavy atom. The number of nitrogens with zero attached hydrogens (tertiary/aromatic N) is 1. The van der Waals surface area contributed by atoms with Gasteiger partial charge in [-0.3, -0.25) is 4.79 Å². The van der Waals surface area contributed by atoms with Gasteiger partial charge in [0.25, 0.3) is 5.91 Å². The van der Waals surface area contributed by atoms with Gasteiger partial charge >= 0.3 is 5.97 Å². The summed E-state index contributed by atoms with van der Waals surface area (Å²) in [6.07, 6.45) is -1.09. The topological polar surface area (TPSA) is 99.4 Å². The maximum absolute atomic E-state index is 12.4. The number of anilines is 1. The first-order valence-electron chi connectivity index (χ1n) is 8.22. The molecule has 0 radical (unpaired) electrons. The van der Waals surface area contributed by atoms with Gasteiger partial charge in [-0.25, -0.2) is 4.79 Å². The molecule has 3 rings (SSSR count). The van der Waals surface area contributed by atoms with Crippen LogP contribution in [0.4, 0.5) is 5.69 Å². The highest BCUT2D eigenvalue weighted by Crippen LogP contribution is 2.29. The number of ether oxygens (including phenoxy) is 1. The number of phenols is 1. The normalized spacial score (nSPS) is 11.4. The first kappa shape index (κ1) is 18.0. The Morgan fingerprint density at radius 2 is 1.89 bits per heavy atom. The molecule has 0 heterocycles. The molecule has 0 fully saturated rings. The van der Waals surface area contributed by atoms with Crippen LogP contribution in [0.25, 0.3) is 10.8 Å². The summed E-state index contributed by atoms with van der Waals surface area (Å²) in [5.41, 5.74) is 0.814. The van der Waals surface area contributed by atoms with Crippen molar-refractivity contribution in [2.24, 2.45) is 0 Å². The van der Waals surface area contributed by atoms with Crippen molar-refractivity contribution in [3.63, 3.8) is 0 Å². The van der Waals surface area contributed by atoms with Crippen LogP contribution in [0, 0.1) is 11.3 Å². The van der Waals surface area contributed by atoms with Gasteiger partial charge in [-0.15, -0.1) is 0 Å². The SMILES string of the molecule is C[C@@H](OC(=O)c1ccc2ccccc2c1O)C(=O)Nc1cccc(C#N)c1. The van der Waals surface area contributed by atoms with E-state index in [-0.39, 0.29) is 11.3 Å². The second kappa shape index (κ2) is 7.58. The molecule has 1 amide bonds. The van der Waals surface area contributed by atoms with Crippen molar-refractivity contribution >= 4 is 28.3 Å². The second-order valence-corrected chi connectivity index (χ2v) is 5.91. The fraction of sp³-hybridized carbons (Fsp3) is 0.0952. The Labute approximate surface area is 155 Å². The molecule has 0 spiro atoms. The van der Waals surface area contributed by atoms with Gasteiger partial charge in [0.15, 0.2) is 6.10 Å². The number of rotatable bonds is 4. The Hall–Kier alpha value is -3.85. The minimum Gasteiger partial charge on any atom is -0.506 e. The Balaban J connectivity index is 1.72. The van der Waals surface area contributed by atoms with E-state index in [2.05, 4.69) is 5.32 Å². The number of benzene rings is 3. The zero-order valence-electron chi connectivity index (χ0n) is 14.5. The van der Waals surface area contributed by atoms with Crippen LogP contribution in [0.1, 0.15) is 22.8 Å². The smallest absolute Gasteiger partial charge is 0.342 e. The van der Waals surface area contributed by atoms with E-state index < -0.39 is 18.0 Å². The fourth-order valence-corrected chi connectivity index (χ4v) is 2.61. The van der Waals surface area contributed by atoms with Crippen molar-refractivity contribution in [2.75, 3.05) is 5.32 Å². The predicted octanol–water partition coefficient (Wildman–Crippen LogP) is 3.60. The van der Waals surface area contributed by atoms with E-state index in [1.165, 1.54) is 19.1 Å². The first-order valence-corrected chi connectivity index (χ1v) is 8.22. The molecule has 3 aromatic carbocycles. The maximum Gasteiger partial charge on any atom is 0.342 e. The van der Waals surface area contributed by atoms with Crippen LogP contribution >= 0.6 is 0 Å². The molecule has 0 aliphatic rings. The standard InChI is InChI=1S/C21H16N2O4/c1-13(20(25)23-16-7-4-5-14(11-16)12-22)27-21(26)18-10-9-15-6-2-3-8-17(15)19(18)24/h2-11,13,24H,1H3,(H,23,25)/t13-/m1/s1. The molecular weight excluding hydrogens is 344 g/mol. The molecular formula is C21H16N2O4. The molecule has 0 aromatic heterocycles. The van der Waals surface area contributed by atoms with Gasteiger partial charge in [-0.05, 0) is 36.6 Å². The molecule has 0 aliphatic heterocycles. The highest BCUT2D eigenvalue weighted by molar-refractivity contribution is 6.02. The van der Waals surface area contributed by atoms with E-state index in [0.29, 0.717) is 16.6 Å². The molecule has 0 saturated carbocycles. The van der Waals surface area contributed by atoms with Crippen molar-refractivity contribution < 1.29 is 19.4 Å². The summed E-state index contributed by atoms with van der Waals surface area (Å²) in [7, 11) is 0. The maximum atomic E-state index is 12.4. The lowest BCUT2D eigenvalue weighted by atomic mass is 10.1. The average Bonchev–Trinajstić information content (AvgIpc) is 2.68. The molecule has 27 heavy (non-hydrogen) atoms. The quantitative estimate of drug-likeness (QED) is 0.693. The Morgan fingerprint density at radius 3 is 2.67 bits per heavy atom. The summed E-state index contributed by atoms with van der Waals surface area (Å²) in [5.74, 6) is -1.53. The molecule has 0 unspecified atom stereocenters. The number of nitriles is 1. The van der Waals surface area contributed by atoms with Crippen molar-refractivity contribution in [3.8, 4) is 11.8 Å². The molecule has 0 aliphatic carbocycles.